The van der Waals surface area contributed by atoms with E-state index in [9.17, 15) is 9.18 Å². The highest BCUT2D eigenvalue weighted by molar-refractivity contribution is 6.01. The van der Waals surface area contributed by atoms with E-state index in [0.29, 0.717) is 48.8 Å². The number of ether oxygens (including phenoxy) is 2. The zero-order valence-electron chi connectivity index (χ0n) is 20.1. The monoisotopic (exact) mass is 493 g/mol. The van der Waals surface area contributed by atoms with Gasteiger partial charge in [0.2, 0.25) is 0 Å². The summed E-state index contributed by atoms with van der Waals surface area (Å²) in [5.41, 5.74) is 3.09. The summed E-state index contributed by atoms with van der Waals surface area (Å²) < 4.78 is 28.9. The fourth-order valence-corrected chi connectivity index (χ4v) is 5.09. The minimum atomic E-state index is -1.01. The Bertz CT molecular complexity index is 1430. The molecule has 2 fully saturated rings. The summed E-state index contributed by atoms with van der Waals surface area (Å²) in [5, 5.41) is 11.2. The van der Waals surface area contributed by atoms with Crippen LogP contribution in [0.3, 0.4) is 0 Å². The van der Waals surface area contributed by atoms with Crippen LogP contribution in [0.4, 0.5) is 10.2 Å². The zero-order valence-corrected chi connectivity index (χ0v) is 20.1. The molecule has 1 saturated carbocycles. The lowest BCUT2D eigenvalue weighted by atomic mass is 9.90. The fourth-order valence-electron chi connectivity index (χ4n) is 5.09. The van der Waals surface area contributed by atoms with E-state index < -0.39 is 12.2 Å². The van der Waals surface area contributed by atoms with Gasteiger partial charge in [0.1, 0.15) is 29.3 Å². The van der Waals surface area contributed by atoms with Gasteiger partial charge < -0.3 is 24.7 Å². The van der Waals surface area contributed by atoms with Gasteiger partial charge in [0.15, 0.2) is 5.65 Å². The molecule has 0 aromatic carbocycles. The zero-order chi connectivity index (χ0) is 24.8. The molecule has 0 radical (unpaired) electrons. The number of nitrogens with one attached hydrogen (secondary N) is 2. The topological polar surface area (TPSA) is 108 Å². The average Bonchev–Trinajstić information content (AvgIpc) is 3.52. The molecule has 4 aromatic heterocycles. The highest BCUT2D eigenvalue weighted by atomic mass is 19.1. The van der Waals surface area contributed by atoms with Crippen LogP contribution in [0.1, 0.15) is 35.7 Å². The molecule has 4 atom stereocenters. The maximum atomic E-state index is 13.8. The molecule has 1 saturated heterocycles. The van der Waals surface area contributed by atoms with Gasteiger partial charge >= 0.3 is 0 Å². The van der Waals surface area contributed by atoms with Gasteiger partial charge in [0.05, 0.1) is 30.6 Å². The standard InChI is InChI=1S/C25H28FN7O3/c1-27-22-10-19(30-24-15(11-29-33(22)24)25(34)31-18-6-5-17(18)26)16-12-32(23-14(16)4-3-8-28-23)20-7-9-36-13-21(20)35-2/h3-4,8,10-12,17-18,20-21,27H,5-7,9,13H2,1-2H3,(H,31,34)/t17-,18-,20+,21-/m0/s1. The quantitative estimate of drug-likeness (QED) is 0.425. The number of pyridine rings is 1. The van der Waals surface area contributed by atoms with Crippen LogP contribution in [0.15, 0.2) is 36.8 Å². The molecule has 10 nitrogen and oxygen atoms in total. The number of amides is 1. The van der Waals surface area contributed by atoms with E-state index in [1.54, 1.807) is 24.9 Å². The minimum Gasteiger partial charge on any atom is -0.379 e. The molecule has 1 aliphatic heterocycles. The Balaban J connectivity index is 1.47. The van der Waals surface area contributed by atoms with Crippen LogP contribution in [0.25, 0.3) is 27.9 Å². The number of fused-ring (bicyclic) bond motifs is 2. The molecule has 188 valence electrons. The van der Waals surface area contributed by atoms with Crippen molar-refractivity contribution in [1.82, 2.24) is 29.5 Å². The highest BCUT2D eigenvalue weighted by Crippen LogP contribution is 2.35. The summed E-state index contributed by atoms with van der Waals surface area (Å²) in [6, 6.07) is 5.42. The van der Waals surface area contributed by atoms with Crippen molar-refractivity contribution in [1.29, 1.82) is 0 Å². The summed E-state index contributed by atoms with van der Waals surface area (Å²) in [7, 11) is 3.49. The van der Waals surface area contributed by atoms with Gasteiger partial charge in [-0.3, -0.25) is 4.79 Å². The second-order valence-corrected chi connectivity index (χ2v) is 9.27. The van der Waals surface area contributed by atoms with E-state index >= 15 is 0 Å². The fraction of sp³-hybridized carbons (Fsp3) is 0.440. The molecule has 2 N–H and O–H groups in total. The van der Waals surface area contributed by atoms with Gasteiger partial charge in [-0.2, -0.15) is 9.61 Å². The summed E-state index contributed by atoms with van der Waals surface area (Å²) >= 11 is 0. The van der Waals surface area contributed by atoms with Crippen molar-refractivity contribution in [2.24, 2.45) is 0 Å². The van der Waals surface area contributed by atoms with Crippen molar-refractivity contribution in [2.45, 2.75) is 43.6 Å². The number of rotatable bonds is 6. The maximum Gasteiger partial charge on any atom is 0.257 e. The van der Waals surface area contributed by atoms with Gasteiger partial charge in [0.25, 0.3) is 5.91 Å². The Morgan fingerprint density at radius 2 is 2.17 bits per heavy atom. The number of nitrogens with zero attached hydrogens (tertiary/aromatic N) is 5. The molecule has 0 unspecified atom stereocenters. The number of carbonyl (C=O) groups excluding carboxylic acids is 1. The second kappa shape index (κ2) is 9.14. The number of aromatic nitrogens is 5. The number of hydrogen-bond donors (Lipinski definition) is 2. The Kier molecular flexibility index (Phi) is 5.81. The van der Waals surface area contributed by atoms with Crippen molar-refractivity contribution < 1.29 is 18.7 Å². The third-order valence-corrected chi connectivity index (χ3v) is 7.27. The van der Waals surface area contributed by atoms with Crippen molar-refractivity contribution in [3.63, 3.8) is 0 Å². The van der Waals surface area contributed by atoms with Crippen LogP contribution in [0, 0.1) is 0 Å². The van der Waals surface area contributed by atoms with Crippen molar-refractivity contribution in [3.8, 4) is 11.3 Å². The first-order valence-electron chi connectivity index (χ1n) is 12.2. The predicted molar refractivity (Wildman–Crippen MR) is 132 cm³/mol. The molecule has 0 bridgehead atoms. The summed E-state index contributed by atoms with van der Waals surface area (Å²) in [6.07, 6.45) is 6.11. The first kappa shape index (κ1) is 22.9. The van der Waals surface area contributed by atoms with E-state index in [0.717, 1.165) is 23.0 Å². The Morgan fingerprint density at radius 1 is 1.28 bits per heavy atom. The normalized spacial score (nSPS) is 24.1. The second-order valence-electron chi connectivity index (χ2n) is 9.27. The van der Waals surface area contributed by atoms with Crippen LogP contribution < -0.4 is 10.6 Å². The van der Waals surface area contributed by atoms with Crippen LogP contribution in [0.2, 0.25) is 0 Å². The largest absolute Gasteiger partial charge is 0.379 e. The maximum absolute atomic E-state index is 13.8. The molecule has 4 aromatic rings. The molecule has 2 aliphatic rings. The van der Waals surface area contributed by atoms with Gasteiger partial charge in [-0.1, -0.05) is 0 Å². The third kappa shape index (κ3) is 3.70. The molecule has 0 spiro atoms. The number of methoxy groups -OCH3 is 1. The molecular formula is C25H28FN7O3. The number of carbonyl (C=O) groups is 1. The van der Waals surface area contributed by atoms with Gasteiger partial charge in [-0.05, 0) is 31.4 Å². The van der Waals surface area contributed by atoms with E-state index in [2.05, 4.69) is 31.5 Å². The first-order valence-corrected chi connectivity index (χ1v) is 12.2. The van der Waals surface area contributed by atoms with Crippen LogP contribution in [-0.2, 0) is 9.47 Å². The predicted octanol–water partition coefficient (Wildman–Crippen LogP) is 2.99. The van der Waals surface area contributed by atoms with Crippen LogP contribution >= 0.6 is 0 Å². The number of anilines is 1. The highest BCUT2D eigenvalue weighted by Gasteiger charge is 2.33. The van der Waals surface area contributed by atoms with Gasteiger partial charge in [-0.15, -0.1) is 0 Å². The summed E-state index contributed by atoms with van der Waals surface area (Å²) in [4.78, 5) is 22.5. The smallest absolute Gasteiger partial charge is 0.257 e. The summed E-state index contributed by atoms with van der Waals surface area (Å²) in [5.74, 6) is 0.296. The van der Waals surface area contributed by atoms with Gasteiger partial charge in [0, 0.05) is 50.2 Å². The summed E-state index contributed by atoms with van der Waals surface area (Å²) in [6.45, 7) is 1.17. The average molecular weight is 494 g/mol. The lowest BCUT2D eigenvalue weighted by Gasteiger charge is -2.31. The Labute approximate surface area is 206 Å². The Morgan fingerprint density at radius 3 is 2.92 bits per heavy atom. The van der Waals surface area contributed by atoms with Crippen molar-refractivity contribution in [2.75, 3.05) is 32.7 Å². The first-order chi connectivity index (χ1) is 17.6. The van der Waals surface area contributed by atoms with Gasteiger partial charge in [-0.25, -0.2) is 14.4 Å². The van der Waals surface area contributed by atoms with E-state index in [1.807, 2.05) is 18.2 Å². The third-order valence-electron chi connectivity index (χ3n) is 7.27. The Hall–Kier alpha value is -3.57. The molecule has 36 heavy (non-hydrogen) atoms. The number of hydrogen-bond acceptors (Lipinski definition) is 7. The molecule has 11 heteroatoms. The lowest BCUT2D eigenvalue weighted by Crippen LogP contribution is -2.48. The number of alkyl halides is 1. The van der Waals surface area contributed by atoms with Crippen LogP contribution in [-0.4, -0.2) is 75.7 Å². The van der Waals surface area contributed by atoms with E-state index in [1.165, 1.54) is 6.20 Å². The molecule has 1 aliphatic carbocycles. The molecule has 5 heterocycles. The number of halogens is 1. The van der Waals surface area contributed by atoms with E-state index in [-0.39, 0.29) is 18.1 Å². The van der Waals surface area contributed by atoms with Crippen LogP contribution in [0.5, 0.6) is 0 Å². The van der Waals surface area contributed by atoms with Crippen molar-refractivity contribution in [3.05, 3.63) is 42.4 Å². The molecule has 6 rings (SSSR count). The van der Waals surface area contributed by atoms with Crippen molar-refractivity contribution >= 4 is 28.4 Å². The lowest BCUT2D eigenvalue weighted by molar-refractivity contribution is -0.0592. The molecular weight excluding hydrogens is 465 g/mol. The minimum absolute atomic E-state index is 0.0647. The van der Waals surface area contributed by atoms with E-state index in [4.69, 9.17) is 14.5 Å². The molecule has 1 amide bonds. The SMILES string of the molecule is CNc1cc(-c2cn([C@@H]3CCOC[C@@H]3OC)c3ncccc23)nc2c(C(=O)N[C@H]3CC[C@@H]3F)cnn12.